The number of esters is 2. The molecular weight excluding hydrogens is 478 g/mol. The summed E-state index contributed by atoms with van der Waals surface area (Å²) >= 11 is 3.34. The fraction of sp³-hybridized carbons (Fsp3) is 0.375. The molecule has 32 heavy (non-hydrogen) atoms. The summed E-state index contributed by atoms with van der Waals surface area (Å²) in [6.45, 7) is 3.93. The summed E-state index contributed by atoms with van der Waals surface area (Å²) in [6.07, 6.45) is -0.195. The van der Waals surface area contributed by atoms with Crippen LogP contribution in [0.4, 0.5) is 0 Å². The number of methoxy groups -OCH3 is 1. The Labute approximate surface area is 196 Å². The Hall–Kier alpha value is -2.71. The second-order valence-corrected chi connectivity index (χ2v) is 7.87. The number of carbonyl (C=O) groups is 3. The van der Waals surface area contributed by atoms with Gasteiger partial charge in [-0.3, -0.25) is 19.7 Å². The van der Waals surface area contributed by atoms with E-state index in [2.05, 4.69) is 21.2 Å². The summed E-state index contributed by atoms with van der Waals surface area (Å²) in [5.74, 6) is -1.83. The van der Waals surface area contributed by atoms with Gasteiger partial charge in [-0.05, 0) is 43.7 Å². The molecule has 8 heteroatoms. The van der Waals surface area contributed by atoms with Gasteiger partial charge in [0.05, 0.1) is 26.2 Å². The van der Waals surface area contributed by atoms with Crippen LogP contribution in [0.3, 0.4) is 0 Å². The van der Waals surface area contributed by atoms with Crippen LogP contribution < -0.4 is 10.1 Å². The highest BCUT2D eigenvalue weighted by molar-refractivity contribution is 9.10. The van der Waals surface area contributed by atoms with E-state index in [0.717, 1.165) is 10.0 Å². The van der Waals surface area contributed by atoms with E-state index in [4.69, 9.17) is 14.2 Å². The lowest BCUT2D eigenvalue weighted by molar-refractivity contribution is -0.157. The number of nitrogens with one attached hydrogen (secondary N) is 1. The average molecular weight is 506 g/mol. The molecule has 0 heterocycles. The molecule has 2 unspecified atom stereocenters. The van der Waals surface area contributed by atoms with Crippen LogP contribution in [-0.4, -0.2) is 44.1 Å². The van der Waals surface area contributed by atoms with Crippen molar-refractivity contribution in [2.45, 2.75) is 32.9 Å². The Balaban J connectivity index is 2.26. The Kier molecular flexibility index (Phi) is 10.4. The summed E-state index contributed by atoms with van der Waals surface area (Å²) in [4.78, 5) is 38.4. The molecule has 0 aliphatic heterocycles. The molecule has 2 aromatic rings. The first-order valence-electron chi connectivity index (χ1n) is 10.4. The lowest BCUT2D eigenvalue weighted by Crippen LogP contribution is -2.48. The third kappa shape index (κ3) is 7.46. The van der Waals surface area contributed by atoms with Crippen LogP contribution in [0.15, 0.2) is 53.0 Å². The third-order valence-electron chi connectivity index (χ3n) is 4.79. The van der Waals surface area contributed by atoms with Gasteiger partial charge in [-0.25, -0.2) is 0 Å². The molecule has 0 aliphatic carbocycles. The van der Waals surface area contributed by atoms with Crippen molar-refractivity contribution >= 4 is 33.7 Å². The van der Waals surface area contributed by atoms with Crippen LogP contribution in [0.5, 0.6) is 5.75 Å². The predicted octanol–water partition coefficient (Wildman–Crippen LogP) is 3.93. The first kappa shape index (κ1) is 25.5. The number of hydrogen-bond donors (Lipinski definition) is 1. The van der Waals surface area contributed by atoms with Crippen molar-refractivity contribution < 1.29 is 28.6 Å². The Morgan fingerprint density at radius 3 is 2.06 bits per heavy atom. The van der Waals surface area contributed by atoms with E-state index < -0.39 is 23.9 Å². The maximum atomic E-state index is 12.9. The van der Waals surface area contributed by atoms with Crippen LogP contribution in [0.2, 0.25) is 0 Å². The molecule has 2 aromatic carbocycles. The van der Waals surface area contributed by atoms with Gasteiger partial charge in [-0.2, -0.15) is 0 Å². The fourth-order valence-electron chi connectivity index (χ4n) is 3.13. The summed E-state index contributed by atoms with van der Waals surface area (Å²) < 4.78 is 16.4. The second-order valence-electron chi connectivity index (χ2n) is 6.95. The molecule has 0 saturated carbocycles. The minimum absolute atomic E-state index is 0.135. The minimum Gasteiger partial charge on any atom is -0.497 e. The van der Waals surface area contributed by atoms with Crippen LogP contribution >= 0.6 is 15.9 Å². The zero-order valence-electron chi connectivity index (χ0n) is 18.4. The standard InChI is InChI=1S/C24H28BrNO6/c1-4-31-23(28)20(14-21(27)17-8-10-18(25)11-9-17)22(24(29)32-5-2)26-15-16-6-12-19(30-3)13-7-16/h6-13,20,22,26H,4-5,14-15H2,1-3H3. The summed E-state index contributed by atoms with van der Waals surface area (Å²) in [5.41, 5.74) is 1.32. The van der Waals surface area contributed by atoms with Gasteiger partial charge < -0.3 is 14.2 Å². The lowest BCUT2D eigenvalue weighted by atomic mass is 9.91. The van der Waals surface area contributed by atoms with Crippen molar-refractivity contribution in [1.29, 1.82) is 0 Å². The average Bonchev–Trinajstić information content (AvgIpc) is 2.79. The molecule has 7 nitrogen and oxygen atoms in total. The van der Waals surface area contributed by atoms with Crippen molar-refractivity contribution in [2.75, 3.05) is 20.3 Å². The van der Waals surface area contributed by atoms with Crippen LogP contribution in [0.25, 0.3) is 0 Å². The van der Waals surface area contributed by atoms with Crippen LogP contribution in [0, 0.1) is 5.92 Å². The highest BCUT2D eigenvalue weighted by atomic mass is 79.9. The number of rotatable bonds is 12. The van der Waals surface area contributed by atoms with E-state index in [1.54, 1.807) is 57.4 Å². The molecule has 0 radical (unpaired) electrons. The van der Waals surface area contributed by atoms with Crippen molar-refractivity contribution in [1.82, 2.24) is 5.32 Å². The molecule has 0 spiro atoms. The number of benzene rings is 2. The molecule has 0 saturated heterocycles. The highest BCUT2D eigenvalue weighted by Crippen LogP contribution is 2.20. The Bertz CT molecular complexity index is 898. The van der Waals surface area contributed by atoms with Crippen LogP contribution in [-0.2, 0) is 25.6 Å². The van der Waals surface area contributed by atoms with Gasteiger partial charge >= 0.3 is 11.9 Å². The molecule has 0 fully saturated rings. The SMILES string of the molecule is CCOC(=O)C(CC(=O)c1ccc(Br)cc1)C(NCc1ccc(OC)cc1)C(=O)OCC. The smallest absolute Gasteiger partial charge is 0.324 e. The third-order valence-corrected chi connectivity index (χ3v) is 5.32. The number of ketones is 1. The molecule has 2 rings (SSSR count). The molecule has 2 atom stereocenters. The second kappa shape index (κ2) is 13.0. The Morgan fingerprint density at radius 2 is 1.50 bits per heavy atom. The zero-order valence-corrected chi connectivity index (χ0v) is 20.0. The van der Waals surface area contributed by atoms with E-state index in [1.165, 1.54) is 0 Å². The number of hydrogen-bond acceptors (Lipinski definition) is 7. The van der Waals surface area contributed by atoms with Gasteiger partial charge in [-0.1, -0.05) is 40.2 Å². The minimum atomic E-state index is -1.05. The zero-order chi connectivity index (χ0) is 23.5. The lowest BCUT2D eigenvalue weighted by Gasteiger charge is -2.25. The van der Waals surface area contributed by atoms with Crippen molar-refractivity contribution in [3.05, 3.63) is 64.1 Å². The highest BCUT2D eigenvalue weighted by Gasteiger charge is 2.37. The number of halogens is 1. The summed E-state index contributed by atoms with van der Waals surface area (Å²) in [6, 6.07) is 13.1. The normalized spacial score (nSPS) is 12.5. The van der Waals surface area contributed by atoms with E-state index in [0.29, 0.717) is 11.3 Å². The number of ether oxygens (including phenoxy) is 3. The van der Waals surface area contributed by atoms with Crippen molar-refractivity contribution in [3.8, 4) is 5.75 Å². The van der Waals surface area contributed by atoms with Crippen molar-refractivity contribution in [3.63, 3.8) is 0 Å². The van der Waals surface area contributed by atoms with E-state index in [-0.39, 0.29) is 32.0 Å². The summed E-state index contributed by atoms with van der Waals surface area (Å²) in [7, 11) is 1.58. The molecule has 0 bridgehead atoms. The van der Waals surface area contributed by atoms with Gasteiger partial charge in [0.1, 0.15) is 11.8 Å². The molecule has 0 aliphatic rings. The van der Waals surface area contributed by atoms with Gasteiger partial charge in [-0.15, -0.1) is 0 Å². The fourth-order valence-corrected chi connectivity index (χ4v) is 3.40. The number of Topliss-reactive ketones (excluding diaryl/α,β-unsaturated/α-hetero) is 1. The molecule has 0 amide bonds. The molecule has 0 aromatic heterocycles. The molecule has 1 N–H and O–H groups in total. The maximum Gasteiger partial charge on any atom is 0.324 e. The van der Waals surface area contributed by atoms with Gasteiger partial charge in [0.15, 0.2) is 5.78 Å². The quantitative estimate of drug-likeness (QED) is 0.345. The van der Waals surface area contributed by atoms with Crippen LogP contribution in [0.1, 0.15) is 36.2 Å². The first-order chi connectivity index (χ1) is 15.4. The molecule has 172 valence electrons. The topological polar surface area (TPSA) is 90.9 Å². The Morgan fingerprint density at radius 1 is 0.906 bits per heavy atom. The summed E-state index contributed by atoms with van der Waals surface area (Å²) in [5, 5.41) is 3.09. The number of carbonyl (C=O) groups excluding carboxylic acids is 3. The first-order valence-corrected chi connectivity index (χ1v) is 11.2. The van der Waals surface area contributed by atoms with Gasteiger partial charge in [0, 0.05) is 23.0 Å². The van der Waals surface area contributed by atoms with E-state index >= 15 is 0 Å². The van der Waals surface area contributed by atoms with Gasteiger partial charge in [0.25, 0.3) is 0 Å². The molecular formula is C24H28BrNO6. The maximum absolute atomic E-state index is 12.9. The predicted molar refractivity (Wildman–Crippen MR) is 123 cm³/mol. The monoisotopic (exact) mass is 505 g/mol. The van der Waals surface area contributed by atoms with Crippen molar-refractivity contribution in [2.24, 2.45) is 5.92 Å². The van der Waals surface area contributed by atoms with E-state index in [9.17, 15) is 14.4 Å². The van der Waals surface area contributed by atoms with Gasteiger partial charge in [0.2, 0.25) is 0 Å². The van der Waals surface area contributed by atoms with E-state index in [1.807, 2.05) is 12.1 Å². The largest absolute Gasteiger partial charge is 0.497 e.